The molecule has 0 radical (unpaired) electrons. The number of aliphatic hydroxyl groups excluding tert-OH is 1. The maximum absolute atomic E-state index is 11.9. The predicted molar refractivity (Wildman–Crippen MR) is 107 cm³/mol. The summed E-state index contributed by atoms with van der Waals surface area (Å²) in [5.41, 5.74) is 2.21. The van der Waals surface area contributed by atoms with Gasteiger partial charge in [-0.15, -0.1) is 16.4 Å². The summed E-state index contributed by atoms with van der Waals surface area (Å²) < 4.78 is 11.9. The molecule has 0 bridgehead atoms. The van der Waals surface area contributed by atoms with E-state index in [1.165, 1.54) is 11.3 Å². The second-order valence-electron chi connectivity index (χ2n) is 6.19. The Bertz CT molecular complexity index is 1070. The lowest BCUT2D eigenvalue weighted by molar-refractivity contribution is 0.0875. The molecule has 142 valence electrons. The third-order valence-electron chi connectivity index (χ3n) is 4.13. The molecule has 6 nitrogen and oxygen atoms in total. The van der Waals surface area contributed by atoms with Crippen LogP contribution >= 0.6 is 11.3 Å². The molecule has 0 spiro atoms. The van der Waals surface area contributed by atoms with Crippen molar-refractivity contribution in [3.63, 3.8) is 0 Å². The molecule has 0 aliphatic carbocycles. The van der Waals surface area contributed by atoms with Crippen LogP contribution in [0.4, 0.5) is 0 Å². The van der Waals surface area contributed by atoms with Gasteiger partial charge < -0.3 is 14.3 Å². The van der Waals surface area contributed by atoms with Gasteiger partial charge in [0.2, 0.25) is 0 Å². The average molecular weight is 394 g/mol. The van der Waals surface area contributed by atoms with Gasteiger partial charge in [-0.25, -0.2) is 4.79 Å². The molecule has 0 aliphatic rings. The number of ether oxygens (including phenoxy) is 1. The van der Waals surface area contributed by atoms with E-state index in [0.717, 1.165) is 20.7 Å². The zero-order valence-corrected chi connectivity index (χ0v) is 15.7. The van der Waals surface area contributed by atoms with Gasteiger partial charge in [0.25, 0.3) is 5.89 Å². The van der Waals surface area contributed by atoms with E-state index in [4.69, 9.17) is 9.15 Å². The predicted octanol–water partition coefficient (Wildman–Crippen LogP) is 3.67. The fourth-order valence-electron chi connectivity index (χ4n) is 2.74. The maximum atomic E-state index is 11.9. The maximum Gasteiger partial charge on any atom is 0.437 e. The summed E-state index contributed by atoms with van der Waals surface area (Å²) in [5, 5.41) is 16.2. The molecule has 1 unspecified atom stereocenters. The molecule has 2 aromatic heterocycles. The number of aromatic nitrogens is 2. The van der Waals surface area contributed by atoms with E-state index >= 15 is 0 Å². The second kappa shape index (κ2) is 8.24. The molecule has 1 atom stereocenters. The molecule has 4 rings (SSSR count). The van der Waals surface area contributed by atoms with Gasteiger partial charge in [0, 0.05) is 0 Å². The van der Waals surface area contributed by atoms with E-state index in [-0.39, 0.29) is 19.0 Å². The number of benzene rings is 2. The fourth-order valence-corrected chi connectivity index (χ4v) is 3.38. The average Bonchev–Trinajstić information content (AvgIpc) is 3.38. The Hall–Kier alpha value is -3.16. The minimum atomic E-state index is -0.896. The van der Waals surface area contributed by atoms with Gasteiger partial charge in [-0.3, -0.25) is 0 Å². The third kappa shape index (κ3) is 4.21. The van der Waals surface area contributed by atoms with Crippen molar-refractivity contribution in [2.24, 2.45) is 0 Å². The summed E-state index contributed by atoms with van der Waals surface area (Å²) in [6, 6.07) is 21.4. The second-order valence-corrected chi connectivity index (χ2v) is 7.14. The van der Waals surface area contributed by atoms with E-state index in [2.05, 4.69) is 5.10 Å². The number of hydrogen-bond donors (Lipinski definition) is 1. The Morgan fingerprint density at radius 1 is 1.04 bits per heavy atom. The smallest absolute Gasteiger partial charge is 0.437 e. The van der Waals surface area contributed by atoms with Gasteiger partial charge >= 0.3 is 5.76 Å². The number of hydrogen-bond acceptors (Lipinski definition) is 6. The van der Waals surface area contributed by atoms with Crippen LogP contribution in [0.5, 0.6) is 5.75 Å². The molecule has 2 aromatic carbocycles. The standard InChI is InChI=1S/C21H18N2O4S/c24-17(13-23-21(25)27-20(22-23)19-7-4-12-28-19)14-26-18-10-8-16(9-11-18)15-5-2-1-3-6-15/h1-12,17,24H,13-14H2. The SMILES string of the molecule is O=c1oc(-c2cccs2)nn1CC(O)COc1ccc(-c2ccccc2)cc1. The van der Waals surface area contributed by atoms with Crippen molar-refractivity contribution in [2.45, 2.75) is 12.6 Å². The molecule has 0 aliphatic heterocycles. The minimum Gasteiger partial charge on any atom is -0.491 e. The lowest BCUT2D eigenvalue weighted by atomic mass is 10.1. The Morgan fingerprint density at radius 3 is 2.50 bits per heavy atom. The quantitative estimate of drug-likeness (QED) is 0.517. The van der Waals surface area contributed by atoms with Crippen LogP contribution < -0.4 is 10.5 Å². The Balaban J connectivity index is 1.35. The van der Waals surface area contributed by atoms with Crippen molar-refractivity contribution in [3.05, 3.63) is 82.7 Å². The van der Waals surface area contributed by atoms with Crippen molar-refractivity contribution in [1.29, 1.82) is 0 Å². The van der Waals surface area contributed by atoms with Crippen LogP contribution in [-0.2, 0) is 6.54 Å². The molecule has 4 aromatic rings. The number of aliphatic hydroxyl groups is 1. The van der Waals surface area contributed by atoms with E-state index in [0.29, 0.717) is 5.75 Å². The first-order valence-electron chi connectivity index (χ1n) is 8.77. The first-order chi connectivity index (χ1) is 13.7. The van der Waals surface area contributed by atoms with Crippen LogP contribution in [0.15, 0.2) is 81.3 Å². The lowest BCUT2D eigenvalue weighted by Gasteiger charge is -2.12. The lowest BCUT2D eigenvalue weighted by Crippen LogP contribution is -2.29. The van der Waals surface area contributed by atoms with Crippen molar-refractivity contribution in [3.8, 4) is 27.6 Å². The molecule has 0 fully saturated rings. The van der Waals surface area contributed by atoms with Crippen LogP contribution in [0.3, 0.4) is 0 Å². The molecule has 2 heterocycles. The summed E-state index contributed by atoms with van der Waals surface area (Å²) >= 11 is 1.43. The van der Waals surface area contributed by atoms with Gasteiger partial charge in [-0.1, -0.05) is 48.5 Å². The number of nitrogens with zero attached hydrogens (tertiary/aromatic N) is 2. The normalized spacial score (nSPS) is 12.0. The molecule has 28 heavy (non-hydrogen) atoms. The van der Waals surface area contributed by atoms with E-state index in [1.807, 2.05) is 72.1 Å². The number of rotatable bonds is 7. The van der Waals surface area contributed by atoms with Gasteiger partial charge in [-0.05, 0) is 34.7 Å². The third-order valence-corrected chi connectivity index (χ3v) is 4.98. The van der Waals surface area contributed by atoms with Crippen molar-refractivity contribution in [1.82, 2.24) is 9.78 Å². The van der Waals surface area contributed by atoms with Crippen LogP contribution in [0, 0.1) is 0 Å². The highest BCUT2D eigenvalue weighted by Gasteiger charge is 2.15. The number of thiophene rings is 1. The van der Waals surface area contributed by atoms with E-state index in [9.17, 15) is 9.90 Å². The summed E-state index contributed by atoms with van der Waals surface area (Å²) in [6.07, 6.45) is -0.896. The summed E-state index contributed by atoms with van der Waals surface area (Å²) in [5.74, 6) is 0.296. The first-order valence-corrected chi connectivity index (χ1v) is 9.65. The zero-order valence-electron chi connectivity index (χ0n) is 14.9. The topological polar surface area (TPSA) is 77.5 Å². The molecule has 7 heteroatoms. The highest BCUT2D eigenvalue weighted by molar-refractivity contribution is 7.13. The first kappa shape index (κ1) is 18.2. The van der Waals surface area contributed by atoms with Crippen molar-refractivity contribution in [2.75, 3.05) is 6.61 Å². The van der Waals surface area contributed by atoms with E-state index in [1.54, 1.807) is 0 Å². The van der Waals surface area contributed by atoms with Crippen LogP contribution in [0.2, 0.25) is 0 Å². The molecule has 1 N–H and O–H groups in total. The van der Waals surface area contributed by atoms with Crippen LogP contribution in [0.25, 0.3) is 21.9 Å². The van der Waals surface area contributed by atoms with Crippen LogP contribution in [0.1, 0.15) is 0 Å². The van der Waals surface area contributed by atoms with Gasteiger partial charge in [-0.2, -0.15) is 4.68 Å². The highest BCUT2D eigenvalue weighted by Crippen LogP contribution is 2.23. The van der Waals surface area contributed by atoms with Gasteiger partial charge in [0.05, 0.1) is 11.4 Å². The van der Waals surface area contributed by atoms with Gasteiger partial charge in [0.15, 0.2) is 0 Å². The summed E-state index contributed by atoms with van der Waals surface area (Å²) in [4.78, 5) is 12.7. The Labute approximate surface area is 165 Å². The summed E-state index contributed by atoms with van der Waals surface area (Å²) in [7, 11) is 0. The monoisotopic (exact) mass is 394 g/mol. The molecular formula is C21H18N2O4S. The van der Waals surface area contributed by atoms with Crippen molar-refractivity contribution < 1.29 is 14.3 Å². The molecule has 0 amide bonds. The Kier molecular flexibility index (Phi) is 5.36. The molecule has 0 saturated heterocycles. The highest BCUT2D eigenvalue weighted by atomic mass is 32.1. The zero-order chi connectivity index (χ0) is 19.3. The largest absolute Gasteiger partial charge is 0.491 e. The van der Waals surface area contributed by atoms with Gasteiger partial charge in [0.1, 0.15) is 18.5 Å². The fraction of sp³-hybridized carbons (Fsp3) is 0.143. The molecule has 0 saturated carbocycles. The minimum absolute atomic E-state index is 0.00416. The van der Waals surface area contributed by atoms with Crippen LogP contribution in [-0.4, -0.2) is 27.6 Å². The molecular weight excluding hydrogens is 376 g/mol. The van der Waals surface area contributed by atoms with E-state index < -0.39 is 11.9 Å². The van der Waals surface area contributed by atoms with Crippen molar-refractivity contribution >= 4 is 11.3 Å². The Morgan fingerprint density at radius 2 is 1.79 bits per heavy atom. The summed E-state index contributed by atoms with van der Waals surface area (Å²) in [6.45, 7) is 0.0358.